The van der Waals surface area contributed by atoms with Crippen LogP contribution in [0.5, 0.6) is 0 Å². The molecule has 3 rings (SSSR count). The lowest BCUT2D eigenvalue weighted by Gasteiger charge is -2.06. The van der Waals surface area contributed by atoms with E-state index in [2.05, 4.69) is 5.32 Å². The number of rotatable bonds is 2. The van der Waals surface area contributed by atoms with E-state index in [0.29, 0.717) is 23.8 Å². The van der Waals surface area contributed by atoms with Crippen molar-refractivity contribution < 1.29 is 9.53 Å². The second-order valence-corrected chi connectivity index (χ2v) is 5.05. The summed E-state index contributed by atoms with van der Waals surface area (Å²) in [6.45, 7) is 1.27. The molecule has 3 N–H and O–H groups in total. The quantitative estimate of drug-likeness (QED) is 0.872. The average Bonchev–Trinajstić information content (AvgIpc) is 2.96. The van der Waals surface area contributed by atoms with E-state index < -0.39 is 0 Å². The number of hydrogen-bond acceptors (Lipinski definition) is 4. The van der Waals surface area contributed by atoms with Crippen molar-refractivity contribution in [2.75, 3.05) is 11.1 Å². The van der Waals surface area contributed by atoms with Gasteiger partial charge in [-0.05, 0) is 34.7 Å². The summed E-state index contributed by atoms with van der Waals surface area (Å²) < 4.78 is 5.34. The van der Waals surface area contributed by atoms with Crippen molar-refractivity contribution in [1.82, 2.24) is 0 Å². The number of nitrogens with one attached hydrogen (secondary N) is 1. The predicted molar refractivity (Wildman–Crippen MR) is 71.6 cm³/mol. The van der Waals surface area contributed by atoms with E-state index >= 15 is 0 Å². The lowest BCUT2D eigenvalue weighted by Crippen LogP contribution is -2.12. The Balaban J connectivity index is 1.81. The number of hydrogen-bond donors (Lipinski definition) is 2. The molecule has 1 aromatic carbocycles. The molecule has 92 valence electrons. The lowest BCUT2D eigenvalue weighted by atomic mass is 10.1. The molecule has 0 saturated carbocycles. The Morgan fingerprint density at radius 1 is 1.28 bits per heavy atom. The molecule has 1 aliphatic rings. The molecule has 4 nitrogen and oxygen atoms in total. The topological polar surface area (TPSA) is 64.4 Å². The van der Waals surface area contributed by atoms with Crippen LogP contribution in [0.1, 0.15) is 20.8 Å². The third-order valence-electron chi connectivity index (χ3n) is 2.88. The third-order valence-corrected chi connectivity index (χ3v) is 3.81. The van der Waals surface area contributed by atoms with Crippen molar-refractivity contribution in [1.29, 1.82) is 0 Å². The molecule has 0 aliphatic carbocycles. The number of ether oxygens (including phenoxy) is 1. The highest BCUT2D eigenvalue weighted by Gasteiger charge is 2.14. The second kappa shape index (κ2) is 4.44. The summed E-state index contributed by atoms with van der Waals surface area (Å²) in [6, 6.07) is 7.55. The molecule has 0 saturated heterocycles. The van der Waals surface area contributed by atoms with Gasteiger partial charge in [0.05, 0.1) is 18.9 Å². The molecule has 0 spiro atoms. The monoisotopic (exact) mass is 260 g/mol. The molecule has 0 radical (unpaired) electrons. The van der Waals surface area contributed by atoms with Crippen LogP contribution in [0.25, 0.3) is 0 Å². The molecule has 0 bridgehead atoms. The van der Waals surface area contributed by atoms with E-state index in [1.165, 1.54) is 16.9 Å². The van der Waals surface area contributed by atoms with Gasteiger partial charge in [0.25, 0.3) is 5.91 Å². The Bertz CT molecular complexity index is 607. The van der Waals surface area contributed by atoms with Crippen molar-refractivity contribution >= 4 is 28.6 Å². The van der Waals surface area contributed by atoms with Gasteiger partial charge >= 0.3 is 0 Å². The summed E-state index contributed by atoms with van der Waals surface area (Å²) in [7, 11) is 0. The molecule has 1 aliphatic heterocycles. The Hall–Kier alpha value is -1.85. The molecule has 1 aromatic heterocycles. The van der Waals surface area contributed by atoms with Gasteiger partial charge in [0.1, 0.15) is 4.88 Å². The highest BCUT2D eigenvalue weighted by atomic mass is 32.1. The number of carbonyl (C=O) groups excluding carboxylic acids is 1. The summed E-state index contributed by atoms with van der Waals surface area (Å²) in [5.41, 5.74) is 9.32. The van der Waals surface area contributed by atoms with Crippen LogP contribution in [0, 0.1) is 0 Å². The summed E-state index contributed by atoms with van der Waals surface area (Å²) >= 11 is 1.34. The van der Waals surface area contributed by atoms with Crippen molar-refractivity contribution in [3.8, 4) is 0 Å². The Morgan fingerprint density at radius 3 is 2.89 bits per heavy atom. The fourth-order valence-corrected chi connectivity index (χ4v) is 2.65. The minimum absolute atomic E-state index is 0.165. The van der Waals surface area contributed by atoms with Gasteiger partial charge in [0.2, 0.25) is 0 Å². The number of fused-ring (bicyclic) bond motifs is 1. The van der Waals surface area contributed by atoms with Crippen LogP contribution < -0.4 is 11.1 Å². The van der Waals surface area contributed by atoms with E-state index in [-0.39, 0.29) is 5.91 Å². The van der Waals surface area contributed by atoms with Crippen LogP contribution >= 0.6 is 11.3 Å². The maximum absolute atomic E-state index is 12.0. The van der Waals surface area contributed by atoms with Crippen LogP contribution in [0.2, 0.25) is 0 Å². The van der Waals surface area contributed by atoms with Gasteiger partial charge in [-0.1, -0.05) is 6.07 Å². The van der Waals surface area contributed by atoms with Gasteiger partial charge in [0, 0.05) is 5.69 Å². The van der Waals surface area contributed by atoms with Crippen LogP contribution in [0.3, 0.4) is 0 Å². The minimum atomic E-state index is -0.165. The van der Waals surface area contributed by atoms with Gasteiger partial charge in [-0.3, -0.25) is 4.79 Å². The standard InChI is InChI=1S/C13H12N2O2S/c14-11-3-4-18-12(11)13(16)15-10-2-1-8-6-17-7-9(8)5-10/h1-5H,6-7,14H2,(H,15,16). The minimum Gasteiger partial charge on any atom is -0.397 e. The largest absolute Gasteiger partial charge is 0.397 e. The van der Waals surface area contributed by atoms with Crippen LogP contribution in [-0.2, 0) is 18.0 Å². The third kappa shape index (κ3) is 1.98. The van der Waals surface area contributed by atoms with Crippen molar-refractivity contribution in [2.45, 2.75) is 13.2 Å². The van der Waals surface area contributed by atoms with Crippen LogP contribution in [0.4, 0.5) is 11.4 Å². The highest BCUT2D eigenvalue weighted by Crippen LogP contribution is 2.25. The molecular formula is C13H12N2O2S. The number of nitrogen functional groups attached to an aromatic ring is 1. The number of thiophene rings is 1. The summed E-state index contributed by atoms with van der Waals surface area (Å²) in [5.74, 6) is -0.165. The maximum atomic E-state index is 12.0. The zero-order chi connectivity index (χ0) is 12.5. The first-order chi connectivity index (χ1) is 8.74. The van der Waals surface area contributed by atoms with Gasteiger partial charge in [-0.25, -0.2) is 0 Å². The summed E-state index contributed by atoms with van der Waals surface area (Å²) in [6.07, 6.45) is 0. The number of carbonyl (C=O) groups is 1. The smallest absolute Gasteiger partial charge is 0.267 e. The molecule has 2 aromatic rings. The molecule has 5 heteroatoms. The first-order valence-electron chi connectivity index (χ1n) is 5.58. The van der Waals surface area contributed by atoms with Crippen molar-refractivity contribution in [2.24, 2.45) is 0 Å². The molecule has 0 unspecified atom stereocenters. The van der Waals surface area contributed by atoms with Gasteiger partial charge in [0.15, 0.2) is 0 Å². The Labute approximate surface area is 108 Å². The number of anilines is 2. The highest BCUT2D eigenvalue weighted by molar-refractivity contribution is 7.12. The van der Waals surface area contributed by atoms with Crippen LogP contribution in [0.15, 0.2) is 29.6 Å². The van der Waals surface area contributed by atoms with E-state index in [4.69, 9.17) is 10.5 Å². The lowest BCUT2D eigenvalue weighted by molar-refractivity contribution is 0.103. The molecule has 0 fully saturated rings. The number of nitrogens with two attached hydrogens (primary N) is 1. The number of amides is 1. The van der Waals surface area contributed by atoms with Crippen molar-refractivity contribution in [3.63, 3.8) is 0 Å². The molecular weight excluding hydrogens is 248 g/mol. The average molecular weight is 260 g/mol. The number of benzene rings is 1. The predicted octanol–water partition coefficient (Wildman–Crippen LogP) is 2.61. The fourth-order valence-electron chi connectivity index (χ4n) is 1.94. The van der Waals surface area contributed by atoms with Crippen molar-refractivity contribution in [3.05, 3.63) is 45.6 Å². The first kappa shape index (κ1) is 11.3. The molecule has 2 heterocycles. The van der Waals surface area contributed by atoms with Gasteiger partial charge < -0.3 is 15.8 Å². The van der Waals surface area contributed by atoms with E-state index in [1.54, 1.807) is 11.4 Å². The Kier molecular flexibility index (Phi) is 2.77. The SMILES string of the molecule is Nc1ccsc1C(=O)Nc1ccc2c(c1)COC2. The van der Waals surface area contributed by atoms with E-state index in [1.807, 2.05) is 18.2 Å². The fraction of sp³-hybridized carbons (Fsp3) is 0.154. The summed E-state index contributed by atoms with van der Waals surface area (Å²) in [4.78, 5) is 12.5. The Morgan fingerprint density at radius 2 is 2.11 bits per heavy atom. The van der Waals surface area contributed by atoms with E-state index in [9.17, 15) is 4.79 Å². The maximum Gasteiger partial charge on any atom is 0.267 e. The molecule has 0 atom stereocenters. The van der Waals surface area contributed by atoms with Gasteiger partial charge in [-0.2, -0.15) is 0 Å². The molecule has 1 amide bonds. The van der Waals surface area contributed by atoms with E-state index in [0.717, 1.165) is 11.3 Å². The van der Waals surface area contributed by atoms with Gasteiger partial charge in [-0.15, -0.1) is 11.3 Å². The zero-order valence-electron chi connectivity index (χ0n) is 9.60. The molecule has 18 heavy (non-hydrogen) atoms. The first-order valence-corrected chi connectivity index (χ1v) is 6.46. The normalized spacial score (nSPS) is 13.3. The van der Waals surface area contributed by atoms with Crippen LogP contribution in [-0.4, -0.2) is 5.91 Å². The second-order valence-electron chi connectivity index (χ2n) is 4.14. The summed E-state index contributed by atoms with van der Waals surface area (Å²) in [5, 5.41) is 4.66. The zero-order valence-corrected chi connectivity index (χ0v) is 10.4.